The first kappa shape index (κ1) is 15.7. The van der Waals surface area contributed by atoms with Crippen LogP contribution in [0.2, 0.25) is 0 Å². The lowest BCUT2D eigenvalue weighted by molar-refractivity contribution is -0.119. The Morgan fingerprint density at radius 2 is 2.09 bits per heavy atom. The van der Waals surface area contributed by atoms with Crippen LogP contribution in [0.25, 0.3) is 0 Å². The number of fused-ring (bicyclic) bond motifs is 1. The molecule has 3 rings (SSSR count). The van der Waals surface area contributed by atoms with Gasteiger partial charge in [0.25, 0.3) is 0 Å². The molecule has 2 aromatic rings. The summed E-state index contributed by atoms with van der Waals surface area (Å²) >= 11 is 6.76. The molecule has 0 bridgehead atoms. The van der Waals surface area contributed by atoms with Gasteiger partial charge in [-0.25, -0.2) is 0 Å². The number of hydrogen-bond donors (Lipinski definition) is 2. The predicted octanol–water partition coefficient (Wildman–Crippen LogP) is 3.16. The lowest BCUT2D eigenvalue weighted by atomic mass is 10.1. The van der Waals surface area contributed by atoms with Crippen LogP contribution >= 0.6 is 23.6 Å². The summed E-state index contributed by atoms with van der Waals surface area (Å²) in [6.07, 6.45) is 3.34. The minimum Gasteiger partial charge on any atom is -0.323 e. The average Bonchev–Trinajstić information content (AvgIpc) is 3.08. The van der Waals surface area contributed by atoms with Gasteiger partial charge in [0.2, 0.25) is 5.91 Å². The van der Waals surface area contributed by atoms with E-state index in [1.54, 1.807) is 11.3 Å². The molecule has 0 saturated heterocycles. The highest BCUT2D eigenvalue weighted by molar-refractivity contribution is 7.80. The van der Waals surface area contributed by atoms with Crippen molar-refractivity contribution in [1.82, 2.24) is 5.32 Å². The molecule has 0 fully saturated rings. The number of carbonyl (C=O) groups is 1. The highest BCUT2D eigenvalue weighted by Crippen LogP contribution is 2.38. The molecule has 0 atom stereocenters. The minimum absolute atomic E-state index is 0.170. The number of nitrogens with zero attached hydrogens (tertiary/aromatic N) is 1. The van der Waals surface area contributed by atoms with Crippen LogP contribution in [0.5, 0.6) is 0 Å². The number of amides is 1. The van der Waals surface area contributed by atoms with Gasteiger partial charge in [-0.2, -0.15) is 5.26 Å². The van der Waals surface area contributed by atoms with Gasteiger partial charge in [0.15, 0.2) is 5.11 Å². The number of thiophene rings is 1. The summed E-state index contributed by atoms with van der Waals surface area (Å²) in [7, 11) is 0. The molecule has 1 amide bonds. The van der Waals surface area contributed by atoms with Gasteiger partial charge >= 0.3 is 0 Å². The van der Waals surface area contributed by atoms with Crippen molar-refractivity contribution in [2.75, 3.05) is 5.32 Å². The quantitative estimate of drug-likeness (QED) is 0.842. The van der Waals surface area contributed by atoms with Crippen LogP contribution in [0.15, 0.2) is 30.3 Å². The molecular formula is C17H15N3OS2. The minimum atomic E-state index is -0.170. The molecule has 0 unspecified atom stereocenters. The van der Waals surface area contributed by atoms with Crippen molar-refractivity contribution in [3.05, 3.63) is 51.9 Å². The fourth-order valence-corrected chi connectivity index (χ4v) is 4.22. The van der Waals surface area contributed by atoms with Crippen LogP contribution in [0.4, 0.5) is 5.00 Å². The van der Waals surface area contributed by atoms with Gasteiger partial charge in [-0.15, -0.1) is 11.3 Å². The van der Waals surface area contributed by atoms with E-state index in [4.69, 9.17) is 12.2 Å². The Labute approximate surface area is 144 Å². The maximum absolute atomic E-state index is 12.0. The molecule has 2 N–H and O–H groups in total. The largest absolute Gasteiger partial charge is 0.323 e. The first-order valence-corrected chi connectivity index (χ1v) is 8.59. The molecule has 23 heavy (non-hydrogen) atoms. The van der Waals surface area contributed by atoms with Crippen LogP contribution in [0.3, 0.4) is 0 Å². The molecule has 116 valence electrons. The second-order valence-corrected chi connectivity index (χ2v) is 6.85. The zero-order valence-electron chi connectivity index (χ0n) is 12.4. The number of anilines is 1. The van der Waals surface area contributed by atoms with Gasteiger partial charge in [0.05, 0.1) is 12.0 Å². The highest BCUT2D eigenvalue weighted by atomic mass is 32.1. The van der Waals surface area contributed by atoms with Gasteiger partial charge in [-0.3, -0.25) is 4.79 Å². The zero-order chi connectivity index (χ0) is 16.2. The molecule has 4 nitrogen and oxygen atoms in total. The third kappa shape index (κ3) is 3.58. The summed E-state index contributed by atoms with van der Waals surface area (Å²) in [6.45, 7) is 0. The van der Waals surface area contributed by atoms with Gasteiger partial charge in [0, 0.05) is 4.88 Å². The fraction of sp³-hybridized carbons (Fsp3) is 0.235. The molecule has 0 aliphatic heterocycles. The first-order valence-electron chi connectivity index (χ1n) is 7.37. The molecule has 1 aliphatic carbocycles. The highest BCUT2D eigenvalue weighted by Gasteiger charge is 2.22. The Kier molecular flexibility index (Phi) is 4.70. The van der Waals surface area contributed by atoms with E-state index in [0.29, 0.717) is 5.56 Å². The van der Waals surface area contributed by atoms with Gasteiger partial charge in [-0.05, 0) is 42.6 Å². The second-order valence-electron chi connectivity index (χ2n) is 5.34. The Balaban J connectivity index is 1.62. The number of thiocarbonyl (C=S) groups is 1. The van der Waals surface area contributed by atoms with Crippen LogP contribution < -0.4 is 10.6 Å². The van der Waals surface area contributed by atoms with Crippen LogP contribution in [-0.2, 0) is 24.1 Å². The number of hydrogen-bond acceptors (Lipinski definition) is 4. The van der Waals surface area contributed by atoms with E-state index in [1.165, 1.54) is 4.88 Å². The summed E-state index contributed by atoms with van der Waals surface area (Å²) in [5.74, 6) is -0.170. The molecular weight excluding hydrogens is 326 g/mol. The maximum atomic E-state index is 12.0. The number of nitrogens with one attached hydrogen (secondary N) is 2. The normalized spacial score (nSPS) is 12.3. The van der Waals surface area contributed by atoms with E-state index >= 15 is 0 Å². The molecule has 1 aliphatic rings. The Morgan fingerprint density at radius 3 is 2.83 bits per heavy atom. The third-order valence-corrected chi connectivity index (χ3v) is 5.13. The summed E-state index contributed by atoms with van der Waals surface area (Å²) in [4.78, 5) is 13.3. The second kappa shape index (κ2) is 6.90. The summed E-state index contributed by atoms with van der Waals surface area (Å²) in [5, 5.41) is 16.0. The van der Waals surface area contributed by atoms with E-state index in [1.807, 2.05) is 30.3 Å². The van der Waals surface area contributed by atoms with Crippen molar-refractivity contribution in [3.63, 3.8) is 0 Å². The fourth-order valence-electron chi connectivity index (χ4n) is 2.70. The van der Waals surface area contributed by atoms with Gasteiger partial charge in [0.1, 0.15) is 11.1 Å². The monoisotopic (exact) mass is 341 g/mol. The molecule has 1 heterocycles. The van der Waals surface area contributed by atoms with Crippen molar-refractivity contribution >= 4 is 39.6 Å². The molecule has 0 spiro atoms. The zero-order valence-corrected chi connectivity index (χ0v) is 14.0. The smallest absolute Gasteiger partial charge is 0.230 e. The number of carbonyl (C=O) groups excluding carboxylic acids is 1. The summed E-state index contributed by atoms with van der Waals surface area (Å²) in [6, 6.07) is 11.7. The van der Waals surface area contributed by atoms with Crippen molar-refractivity contribution in [2.45, 2.75) is 25.7 Å². The standard InChI is InChI=1S/C17H15N3OS2/c18-10-13-12-7-4-8-14(12)23-16(13)20-17(22)19-15(21)9-11-5-2-1-3-6-11/h1-3,5-6H,4,7-9H2,(H2,19,20,21,22). The molecule has 0 radical (unpaired) electrons. The number of benzene rings is 1. The third-order valence-electron chi connectivity index (χ3n) is 3.72. The van der Waals surface area contributed by atoms with E-state index < -0.39 is 0 Å². The number of rotatable bonds is 3. The van der Waals surface area contributed by atoms with E-state index in [2.05, 4.69) is 16.7 Å². The lowest BCUT2D eigenvalue weighted by Crippen LogP contribution is -2.35. The lowest BCUT2D eigenvalue weighted by Gasteiger charge is -2.08. The molecule has 1 aromatic heterocycles. The number of nitriles is 1. The summed E-state index contributed by atoms with van der Waals surface area (Å²) in [5.41, 5.74) is 2.74. The van der Waals surface area contributed by atoms with Gasteiger partial charge in [-0.1, -0.05) is 30.3 Å². The summed E-state index contributed by atoms with van der Waals surface area (Å²) < 4.78 is 0. The van der Waals surface area contributed by atoms with Gasteiger partial charge < -0.3 is 10.6 Å². The van der Waals surface area contributed by atoms with Crippen LogP contribution in [-0.4, -0.2) is 11.0 Å². The Bertz CT molecular complexity index is 790. The Hall–Kier alpha value is -2.23. The first-order chi connectivity index (χ1) is 11.2. The maximum Gasteiger partial charge on any atom is 0.230 e. The molecule has 6 heteroatoms. The average molecular weight is 341 g/mol. The SMILES string of the molecule is N#Cc1c(NC(=S)NC(=O)Cc2ccccc2)sc2c1CCC2. The predicted molar refractivity (Wildman–Crippen MR) is 95.6 cm³/mol. The van der Waals surface area contributed by atoms with Crippen molar-refractivity contribution in [1.29, 1.82) is 5.26 Å². The molecule has 1 aromatic carbocycles. The van der Waals surface area contributed by atoms with Crippen molar-refractivity contribution < 1.29 is 4.79 Å². The van der Waals surface area contributed by atoms with Crippen LogP contribution in [0, 0.1) is 11.3 Å². The topological polar surface area (TPSA) is 64.9 Å². The molecule has 0 saturated carbocycles. The van der Waals surface area contributed by atoms with Crippen molar-refractivity contribution in [2.24, 2.45) is 0 Å². The van der Waals surface area contributed by atoms with Crippen molar-refractivity contribution in [3.8, 4) is 6.07 Å². The Morgan fingerprint density at radius 1 is 1.30 bits per heavy atom. The van der Waals surface area contributed by atoms with E-state index in [-0.39, 0.29) is 17.4 Å². The van der Waals surface area contributed by atoms with Crippen LogP contribution in [0.1, 0.15) is 28.0 Å². The number of aryl methyl sites for hydroxylation is 1. The van der Waals surface area contributed by atoms with E-state index in [9.17, 15) is 10.1 Å². The van der Waals surface area contributed by atoms with E-state index in [0.717, 1.165) is 35.4 Å².